The first-order valence-electron chi connectivity index (χ1n) is 5.52. The van der Waals surface area contributed by atoms with Crippen LogP contribution < -0.4 is 11.3 Å². The lowest BCUT2D eigenvalue weighted by Crippen LogP contribution is -2.28. The Morgan fingerprint density at radius 3 is 2.72 bits per heavy atom. The van der Waals surface area contributed by atoms with Crippen LogP contribution in [0.5, 0.6) is 0 Å². The quantitative estimate of drug-likeness (QED) is 0.468. The molecule has 0 aliphatic carbocycles. The minimum atomic E-state index is -0.609. The molecule has 0 aliphatic rings. The number of amides is 1. The first-order valence-corrected chi connectivity index (χ1v) is 5.52. The van der Waals surface area contributed by atoms with Gasteiger partial charge < -0.3 is 10.3 Å². The molecule has 7 heteroatoms. The van der Waals surface area contributed by atoms with E-state index in [-0.39, 0.29) is 22.8 Å². The number of nitrogens with two attached hydrogens (primary N) is 1. The number of rotatable bonds is 5. The lowest BCUT2D eigenvalue weighted by atomic mass is 10.1. The Morgan fingerprint density at radius 1 is 1.56 bits per heavy atom. The zero-order valence-electron chi connectivity index (χ0n) is 10.3. The number of hydrazine groups is 1. The van der Waals surface area contributed by atoms with Gasteiger partial charge in [-0.3, -0.25) is 20.8 Å². The molecule has 0 unspecified atom stereocenters. The molecule has 1 aromatic rings. The number of hydrogen-bond donors (Lipinski definition) is 2. The van der Waals surface area contributed by atoms with Gasteiger partial charge in [-0.15, -0.1) is 0 Å². The van der Waals surface area contributed by atoms with Gasteiger partial charge >= 0.3 is 5.69 Å². The van der Waals surface area contributed by atoms with E-state index in [1.54, 1.807) is 13.1 Å². The fraction of sp³-hybridized carbons (Fsp3) is 0.364. The van der Waals surface area contributed by atoms with Gasteiger partial charge in [0.2, 0.25) is 0 Å². The normalized spacial score (nSPS) is 9.94. The van der Waals surface area contributed by atoms with Crippen LogP contribution in [0, 0.1) is 10.1 Å². The largest absolute Gasteiger partial charge is 0.341 e. The van der Waals surface area contributed by atoms with E-state index in [9.17, 15) is 14.9 Å². The summed E-state index contributed by atoms with van der Waals surface area (Å²) in [6, 6.07) is 4.43. The highest BCUT2D eigenvalue weighted by Crippen LogP contribution is 2.28. The summed E-state index contributed by atoms with van der Waals surface area (Å²) in [4.78, 5) is 23.9. The maximum atomic E-state index is 12.1. The fourth-order valence-electron chi connectivity index (χ4n) is 1.67. The number of para-hydroxylation sites is 1. The molecule has 0 saturated heterocycles. The summed E-state index contributed by atoms with van der Waals surface area (Å²) in [5, 5.41) is 11.0. The van der Waals surface area contributed by atoms with Crippen molar-refractivity contribution in [2.24, 2.45) is 5.84 Å². The van der Waals surface area contributed by atoms with Crippen molar-refractivity contribution in [3.05, 3.63) is 33.9 Å². The molecule has 1 aromatic carbocycles. The summed E-state index contributed by atoms with van der Waals surface area (Å²) in [6.07, 6.45) is 0.783. The molecular formula is C11H16N4O3. The summed E-state index contributed by atoms with van der Waals surface area (Å²) in [7, 11) is 1.61. The minimum Gasteiger partial charge on any atom is -0.341 e. The van der Waals surface area contributed by atoms with Crippen LogP contribution in [0.1, 0.15) is 23.7 Å². The monoisotopic (exact) mass is 252 g/mol. The van der Waals surface area contributed by atoms with Gasteiger partial charge in [0.15, 0.2) is 0 Å². The van der Waals surface area contributed by atoms with Gasteiger partial charge in [0.1, 0.15) is 11.3 Å². The lowest BCUT2D eigenvalue weighted by Gasteiger charge is -2.16. The Morgan fingerprint density at radius 2 is 2.22 bits per heavy atom. The van der Waals surface area contributed by atoms with E-state index in [1.165, 1.54) is 17.0 Å². The van der Waals surface area contributed by atoms with E-state index in [1.807, 2.05) is 6.92 Å². The number of benzene rings is 1. The Bertz CT molecular complexity index is 462. The van der Waals surface area contributed by atoms with Gasteiger partial charge in [0, 0.05) is 13.6 Å². The number of nitro groups is 1. The average Bonchev–Trinajstić information content (AvgIpc) is 2.36. The highest BCUT2D eigenvalue weighted by molar-refractivity contribution is 6.00. The van der Waals surface area contributed by atoms with Crippen molar-refractivity contribution in [1.82, 2.24) is 4.90 Å². The van der Waals surface area contributed by atoms with Gasteiger partial charge in [0.05, 0.1) is 4.92 Å². The third-order valence-electron chi connectivity index (χ3n) is 2.51. The Hall–Kier alpha value is -2.15. The highest BCUT2D eigenvalue weighted by atomic mass is 16.6. The number of nitro benzene ring substituents is 1. The Balaban J connectivity index is 3.23. The second kappa shape index (κ2) is 5.97. The molecule has 98 valence electrons. The number of anilines is 1. The third-order valence-corrected chi connectivity index (χ3v) is 2.51. The van der Waals surface area contributed by atoms with E-state index < -0.39 is 4.92 Å². The Kier molecular flexibility index (Phi) is 4.61. The second-order valence-corrected chi connectivity index (χ2v) is 3.83. The fourth-order valence-corrected chi connectivity index (χ4v) is 1.67. The molecule has 0 bridgehead atoms. The van der Waals surface area contributed by atoms with Gasteiger partial charge in [-0.05, 0) is 18.6 Å². The van der Waals surface area contributed by atoms with E-state index in [2.05, 4.69) is 5.43 Å². The number of nitrogen functional groups attached to an aromatic ring is 1. The molecule has 0 radical (unpaired) electrons. The van der Waals surface area contributed by atoms with E-state index in [4.69, 9.17) is 5.84 Å². The molecule has 1 amide bonds. The van der Waals surface area contributed by atoms with Gasteiger partial charge in [-0.25, -0.2) is 0 Å². The number of hydrogen-bond acceptors (Lipinski definition) is 5. The van der Waals surface area contributed by atoms with Crippen LogP contribution in [0.25, 0.3) is 0 Å². The SMILES string of the molecule is CCCN(C)C(=O)c1cccc(NN)c1[N+](=O)[O-]. The van der Waals surface area contributed by atoms with Crippen LogP contribution in [-0.2, 0) is 0 Å². The van der Waals surface area contributed by atoms with Crippen LogP contribution in [0.3, 0.4) is 0 Å². The molecule has 0 aromatic heterocycles. The molecule has 3 N–H and O–H groups in total. The third kappa shape index (κ3) is 2.75. The van der Waals surface area contributed by atoms with Crippen molar-refractivity contribution in [1.29, 1.82) is 0 Å². The maximum absolute atomic E-state index is 12.1. The van der Waals surface area contributed by atoms with E-state index in [0.29, 0.717) is 6.54 Å². The first kappa shape index (κ1) is 13.9. The predicted octanol–water partition coefficient (Wildman–Crippen LogP) is 1.36. The molecule has 0 saturated carbocycles. The maximum Gasteiger partial charge on any atom is 0.306 e. The van der Waals surface area contributed by atoms with Crippen molar-refractivity contribution < 1.29 is 9.72 Å². The van der Waals surface area contributed by atoms with Crippen molar-refractivity contribution in [3.8, 4) is 0 Å². The standard InChI is InChI=1S/C11H16N4O3/c1-3-7-14(2)11(16)8-5-4-6-9(13-12)10(8)15(17)18/h4-6,13H,3,7,12H2,1-2H3. The zero-order valence-corrected chi connectivity index (χ0v) is 10.3. The summed E-state index contributed by atoms with van der Waals surface area (Å²) < 4.78 is 0. The van der Waals surface area contributed by atoms with Crippen LogP contribution in [-0.4, -0.2) is 29.3 Å². The second-order valence-electron chi connectivity index (χ2n) is 3.83. The van der Waals surface area contributed by atoms with Crippen LogP contribution in [0.2, 0.25) is 0 Å². The topological polar surface area (TPSA) is 102 Å². The molecule has 0 atom stereocenters. The molecule has 18 heavy (non-hydrogen) atoms. The molecular weight excluding hydrogens is 236 g/mol. The highest BCUT2D eigenvalue weighted by Gasteiger charge is 2.25. The van der Waals surface area contributed by atoms with E-state index >= 15 is 0 Å². The van der Waals surface area contributed by atoms with Gasteiger partial charge in [0.25, 0.3) is 5.91 Å². The van der Waals surface area contributed by atoms with Crippen molar-refractivity contribution in [3.63, 3.8) is 0 Å². The molecule has 0 aliphatic heterocycles. The number of nitrogens with one attached hydrogen (secondary N) is 1. The zero-order chi connectivity index (χ0) is 13.7. The van der Waals surface area contributed by atoms with Gasteiger partial charge in [-0.1, -0.05) is 13.0 Å². The number of carbonyl (C=O) groups is 1. The number of carbonyl (C=O) groups excluding carboxylic acids is 1. The van der Waals surface area contributed by atoms with Crippen molar-refractivity contribution in [2.45, 2.75) is 13.3 Å². The van der Waals surface area contributed by atoms with Crippen molar-refractivity contribution >= 4 is 17.3 Å². The summed E-state index contributed by atoms with van der Waals surface area (Å²) >= 11 is 0. The summed E-state index contributed by atoms with van der Waals surface area (Å²) in [6.45, 7) is 2.46. The van der Waals surface area contributed by atoms with Crippen LogP contribution in [0.4, 0.5) is 11.4 Å². The minimum absolute atomic E-state index is 0.0337. The van der Waals surface area contributed by atoms with Crippen molar-refractivity contribution in [2.75, 3.05) is 19.0 Å². The molecule has 0 heterocycles. The van der Waals surface area contributed by atoms with Crippen LogP contribution >= 0.6 is 0 Å². The predicted molar refractivity (Wildman–Crippen MR) is 68.2 cm³/mol. The van der Waals surface area contributed by atoms with Gasteiger partial charge in [-0.2, -0.15) is 0 Å². The molecule has 0 spiro atoms. The Labute approximate surface area is 105 Å². The summed E-state index contributed by atoms with van der Waals surface area (Å²) in [5.41, 5.74) is 2.09. The average molecular weight is 252 g/mol. The molecule has 7 nitrogen and oxygen atoms in total. The summed E-state index contributed by atoms with van der Waals surface area (Å²) in [5.74, 6) is 4.82. The smallest absolute Gasteiger partial charge is 0.306 e. The first-order chi connectivity index (χ1) is 8.52. The molecule has 0 fully saturated rings. The van der Waals surface area contributed by atoms with Crippen LogP contribution in [0.15, 0.2) is 18.2 Å². The van der Waals surface area contributed by atoms with E-state index in [0.717, 1.165) is 6.42 Å². The number of nitrogens with zero attached hydrogens (tertiary/aromatic N) is 2. The lowest BCUT2D eigenvalue weighted by molar-refractivity contribution is -0.384. The molecule has 1 rings (SSSR count).